The molecular weight excluding hydrogens is 332 g/mol. The lowest BCUT2D eigenvalue weighted by molar-refractivity contribution is -0.157. The predicted molar refractivity (Wildman–Crippen MR) is 83.5 cm³/mol. The number of hydrogen-bond donors (Lipinski definition) is 1. The van der Waals surface area contributed by atoms with Crippen molar-refractivity contribution in [3.05, 3.63) is 34.3 Å². The number of amides is 2. The zero-order valence-corrected chi connectivity index (χ0v) is 13.5. The van der Waals surface area contributed by atoms with Crippen LogP contribution in [-0.2, 0) is 16.1 Å². The number of halogens is 1. The number of benzene rings is 1. The molecule has 0 atom stereocenters. The zero-order chi connectivity index (χ0) is 14.9. The lowest BCUT2D eigenvalue weighted by atomic mass is 9.78. The molecule has 21 heavy (non-hydrogen) atoms. The van der Waals surface area contributed by atoms with E-state index in [1.165, 1.54) is 0 Å². The van der Waals surface area contributed by atoms with Gasteiger partial charge in [0.1, 0.15) is 5.54 Å². The Balaban J connectivity index is 1.93. The second-order valence-corrected chi connectivity index (χ2v) is 6.70. The molecule has 1 N–H and O–H groups in total. The molecule has 1 aromatic rings. The fourth-order valence-corrected chi connectivity index (χ4v) is 3.86. The molecule has 1 saturated carbocycles. The molecule has 2 fully saturated rings. The summed E-state index contributed by atoms with van der Waals surface area (Å²) in [5, 5.41) is 2.78. The Morgan fingerprint density at radius 1 is 1.14 bits per heavy atom. The van der Waals surface area contributed by atoms with E-state index in [0.29, 0.717) is 6.54 Å². The average molecular weight is 351 g/mol. The van der Waals surface area contributed by atoms with Crippen molar-refractivity contribution < 1.29 is 9.59 Å². The van der Waals surface area contributed by atoms with Gasteiger partial charge in [-0.2, -0.15) is 0 Å². The summed E-state index contributed by atoms with van der Waals surface area (Å²) < 4.78 is 0.981. The summed E-state index contributed by atoms with van der Waals surface area (Å²) in [6.07, 6.45) is 4.70. The molecule has 1 aliphatic carbocycles. The number of piperazine rings is 1. The van der Waals surface area contributed by atoms with E-state index in [1.54, 1.807) is 0 Å². The Hall–Kier alpha value is -1.36. The Morgan fingerprint density at radius 2 is 1.86 bits per heavy atom. The van der Waals surface area contributed by atoms with Crippen LogP contribution in [0.15, 0.2) is 28.7 Å². The minimum Gasteiger partial charge on any atom is -0.345 e. The Morgan fingerprint density at radius 3 is 2.57 bits per heavy atom. The fraction of sp³-hybridized carbons (Fsp3) is 0.500. The van der Waals surface area contributed by atoms with Gasteiger partial charge < -0.3 is 10.2 Å². The van der Waals surface area contributed by atoms with E-state index >= 15 is 0 Å². The van der Waals surface area contributed by atoms with Gasteiger partial charge in [-0.05, 0) is 24.5 Å². The third kappa shape index (κ3) is 2.59. The molecule has 1 saturated heterocycles. The molecule has 2 aliphatic rings. The minimum absolute atomic E-state index is 0.0206. The third-order valence-electron chi connectivity index (χ3n) is 4.61. The van der Waals surface area contributed by atoms with Gasteiger partial charge in [0.15, 0.2) is 0 Å². The standard InChI is InChI=1S/C16H19BrN2O2/c17-13-7-3-2-6-12(13)11-19-14(20)10-18-15(21)16(19)8-4-1-5-9-16/h2-3,6-7H,1,4-5,8-11H2,(H,18,21). The van der Waals surface area contributed by atoms with E-state index in [4.69, 9.17) is 0 Å². The monoisotopic (exact) mass is 350 g/mol. The van der Waals surface area contributed by atoms with Gasteiger partial charge in [-0.25, -0.2) is 0 Å². The highest BCUT2D eigenvalue weighted by atomic mass is 79.9. The summed E-state index contributed by atoms with van der Waals surface area (Å²) in [4.78, 5) is 26.7. The Kier molecular flexibility index (Phi) is 4.02. The van der Waals surface area contributed by atoms with Crippen molar-refractivity contribution in [1.82, 2.24) is 10.2 Å². The molecule has 0 aromatic heterocycles. The number of carbonyl (C=O) groups is 2. The SMILES string of the molecule is O=C1CNC(=O)C2(CCCCC2)N1Cc1ccccc1Br. The summed E-state index contributed by atoms with van der Waals surface area (Å²) in [6, 6.07) is 7.88. The maximum Gasteiger partial charge on any atom is 0.246 e. The highest BCUT2D eigenvalue weighted by Gasteiger charge is 2.49. The lowest BCUT2D eigenvalue weighted by Gasteiger charge is -2.48. The van der Waals surface area contributed by atoms with Crippen LogP contribution in [0.5, 0.6) is 0 Å². The van der Waals surface area contributed by atoms with Crippen molar-refractivity contribution in [2.45, 2.75) is 44.2 Å². The van der Waals surface area contributed by atoms with Gasteiger partial charge >= 0.3 is 0 Å². The average Bonchev–Trinajstić information content (AvgIpc) is 2.51. The van der Waals surface area contributed by atoms with Crippen molar-refractivity contribution in [2.24, 2.45) is 0 Å². The second-order valence-electron chi connectivity index (χ2n) is 5.85. The maximum absolute atomic E-state index is 12.5. The van der Waals surface area contributed by atoms with E-state index in [0.717, 1.165) is 42.1 Å². The van der Waals surface area contributed by atoms with E-state index in [1.807, 2.05) is 29.2 Å². The van der Waals surface area contributed by atoms with Crippen molar-refractivity contribution in [1.29, 1.82) is 0 Å². The second kappa shape index (κ2) is 5.79. The molecule has 0 unspecified atom stereocenters. The first kappa shape index (κ1) is 14.6. The predicted octanol–water partition coefficient (Wildman–Crippen LogP) is 2.61. The quantitative estimate of drug-likeness (QED) is 0.891. The highest BCUT2D eigenvalue weighted by molar-refractivity contribution is 9.10. The van der Waals surface area contributed by atoms with Crippen LogP contribution >= 0.6 is 15.9 Å². The molecule has 1 heterocycles. The van der Waals surface area contributed by atoms with Crippen molar-refractivity contribution >= 4 is 27.7 Å². The van der Waals surface area contributed by atoms with Crippen LogP contribution in [0.1, 0.15) is 37.7 Å². The Bertz CT molecular complexity index is 567. The first-order valence-electron chi connectivity index (χ1n) is 7.46. The van der Waals surface area contributed by atoms with E-state index in [2.05, 4.69) is 21.2 Å². The number of carbonyl (C=O) groups excluding carboxylic acids is 2. The largest absolute Gasteiger partial charge is 0.345 e. The molecule has 0 bridgehead atoms. The zero-order valence-electron chi connectivity index (χ0n) is 11.9. The molecule has 1 aromatic carbocycles. The highest BCUT2D eigenvalue weighted by Crippen LogP contribution is 2.37. The summed E-state index contributed by atoms with van der Waals surface area (Å²) in [6.45, 7) is 0.610. The summed E-state index contributed by atoms with van der Waals surface area (Å²) in [7, 11) is 0. The maximum atomic E-state index is 12.5. The molecule has 3 rings (SSSR count). The summed E-state index contributed by atoms with van der Waals surface area (Å²) in [5.41, 5.74) is 0.411. The summed E-state index contributed by atoms with van der Waals surface area (Å²) in [5.74, 6) is 0.0427. The smallest absolute Gasteiger partial charge is 0.246 e. The van der Waals surface area contributed by atoms with Crippen molar-refractivity contribution in [3.8, 4) is 0 Å². The molecule has 5 heteroatoms. The molecule has 112 valence electrons. The molecular formula is C16H19BrN2O2. The van der Waals surface area contributed by atoms with Crippen LogP contribution < -0.4 is 5.32 Å². The number of nitrogens with one attached hydrogen (secondary N) is 1. The number of hydrogen-bond acceptors (Lipinski definition) is 2. The van der Waals surface area contributed by atoms with Crippen LogP contribution in [0.3, 0.4) is 0 Å². The van der Waals surface area contributed by atoms with Gasteiger partial charge in [0.05, 0.1) is 6.54 Å². The Labute approximate surface area is 133 Å². The van der Waals surface area contributed by atoms with E-state index < -0.39 is 5.54 Å². The van der Waals surface area contributed by atoms with Crippen LogP contribution in [0.4, 0.5) is 0 Å². The normalized spacial score (nSPS) is 21.5. The number of rotatable bonds is 2. The van der Waals surface area contributed by atoms with Gasteiger partial charge in [0.2, 0.25) is 11.8 Å². The fourth-order valence-electron chi connectivity index (χ4n) is 3.45. The third-order valence-corrected chi connectivity index (χ3v) is 5.38. The lowest BCUT2D eigenvalue weighted by Crippen LogP contribution is -2.67. The number of nitrogens with zero attached hydrogens (tertiary/aromatic N) is 1. The topological polar surface area (TPSA) is 49.4 Å². The van der Waals surface area contributed by atoms with Gasteiger partial charge in [-0.3, -0.25) is 9.59 Å². The molecule has 0 radical (unpaired) electrons. The van der Waals surface area contributed by atoms with Crippen LogP contribution in [0, 0.1) is 0 Å². The molecule has 1 aliphatic heterocycles. The minimum atomic E-state index is -0.636. The van der Waals surface area contributed by atoms with E-state index in [9.17, 15) is 9.59 Å². The first-order chi connectivity index (χ1) is 10.1. The van der Waals surface area contributed by atoms with Crippen molar-refractivity contribution in [3.63, 3.8) is 0 Å². The van der Waals surface area contributed by atoms with E-state index in [-0.39, 0.29) is 18.4 Å². The summed E-state index contributed by atoms with van der Waals surface area (Å²) >= 11 is 3.53. The molecule has 1 spiro atoms. The first-order valence-corrected chi connectivity index (χ1v) is 8.25. The molecule has 2 amide bonds. The van der Waals surface area contributed by atoms with Gasteiger partial charge in [0, 0.05) is 11.0 Å². The molecule has 4 nitrogen and oxygen atoms in total. The van der Waals surface area contributed by atoms with Crippen LogP contribution in [-0.4, -0.2) is 28.8 Å². The van der Waals surface area contributed by atoms with Gasteiger partial charge in [-0.15, -0.1) is 0 Å². The van der Waals surface area contributed by atoms with Crippen LogP contribution in [0.2, 0.25) is 0 Å². The van der Waals surface area contributed by atoms with Gasteiger partial charge in [0.25, 0.3) is 0 Å². The van der Waals surface area contributed by atoms with Crippen LogP contribution in [0.25, 0.3) is 0 Å². The van der Waals surface area contributed by atoms with Crippen molar-refractivity contribution in [2.75, 3.05) is 6.54 Å². The van der Waals surface area contributed by atoms with Gasteiger partial charge in [-0.1, -0.05) is 53.4 Å².